The molecule has 9 nitrogen and oxygen atoms in total. The molecular formula is C19H18N4O5S. The number of para-hydroxylation sites is 1. The highest BCUT2D eigenvalue weighted by Crippen LogP contribution is 2.33. The first-order valence-electron chi connectivity index (χ1n) is 9.31. The Hall–Kier alpha value is -2.98. The smallest absolute Gasteiger partial charge is 0.414 e. The monoisotopic (exact) mass is 414 g/mol. The third-order valence-corrected chi connectivity index (χ3v) is 7.38. The standard InChI is InChI=1S/C19H18N4O5S/c24-19-23(16-6-2-1-4-13(16)12-27-19)14-8-10-22(11-9-14)29(25,26)17-7-3-5-15-18(17)21-28-20-15/h1-7,14H,8-12H2. The van der Waals surface area contributed by atoms with E-state index in [1.807, 2.05) is 24.3 Å². The van der Waals surface area contributed by atoms with E-state index < -0.39 is 10.0 Å². The highest BCUT2D eigenvalue weighted by Gasteiger charge is 2.37. The number of sulfonamides is 1. The summed E-state index contributed by atoms with van der Waals surface area (Å²) < 4.78 is 37.7. The maximum atomic E-state index is 13.2. The van der Waals surface area contributed by atoms with Gasteiger partial charge < -0.3 is 4.74 Å². The van der Waals surface area contributed by atoms with Crippen LogP contribution in [-0.4, -0.2) is 48.3 Å². The van der Waals surface area contributed by atoms with Gasteiger partial charge in [-0.25, -0.2) is 17.8 Å². The van der Waals surface area contributed by atoms with E-state index in [-0.39, 0.29) is 29.2 Å². The molecule has 1 fully saturated rings. The average Bonchev–Trinajstić information content (AvgIpc) is 3.22. The van der Waals surface area contributed by atoms with E-state index in [2.05, 4.69) is 14.9 Å². The lowest BCUT2D eigenvalue weighted by Gasteiger charge is -2.39. The number of ether oxygens (including phenoxy) is 1. The SMILES string of the molecule is O=C1OCc2ccccc2N1C1CCN(S(=O)(=O)c2cccc3nonc23)CC1. The van der Waals surface area contributed by atoms with E-state index in [0.717, 1.165) is 11.3 Å². The second-order valence-electron chi connectivity index (χ2n) is 7.08. The predicted molar refractivity (Wildman–Crippen MR) is 103 cm³/mol. The lowest BCUT2D eigenvalue weighted by atomic mass is 10.0. The van der Waals surface area contributed by atoms with E-state index in [9.17, 15) is 13.2 Å². The van der Waals surface area contributed by atoms with E-state index in [4.69, 9.17) is 4.74 Å². The second kappa shape index (κ2) is 6.82. The third kappa shape index (κ3) is 2.95. The Labute approximate surface area is 166 Å². The lowest BCUT2D eigenvalue weighted by molar-refractivity contribution is 0.136. The fourth-order valence-electron chi connectivity index (χ4n) is 3.99. The van der Waals surface area contributed by atoms with Crippen molar-refractivity contribution in [1.82, 2.24) is 14.6 Å². The zero-order chi connectivity index (χ0) is 20.0. The summed E-state index contributed by atoms with van der Waals surface area (Å²) in [6.45, 7) is 0.843. The molecule has 0 N–H and O–H groups in total. The molecule has 1 amide bonds. The molecule has 3 heterocycles. The van der Waals surface area contributed by atoms with Crippen LogP contribution in [0.5, 0.6) is 0 Å². The molecule has 10 heteroatoms. The van der Waals surface area contributed by atoms with Gasteiger partial charge >= 0.3 is 6.09 Å². The van der Waals surface area contributed by atoms with Crippen molar-refractivity contribution in [3.05, 3.63) is 48.0 Å². The van der Waals surface area contributed by atoms with Crippen LogP contribution in [0.2, 0.25) is 0 Å². The number of cyclic esters (lactones) is 1. The molecule has 0 radical (unpaired) electrons. The molecule has 2 aromatic carbocycles. The Morgan fingerprint density at radius 2 is 1.79 bits per heavy atom. The van der Waals surface area contributed by atoms with Gasteiger partial charge in [-0.2, -0.15) is 4.31 Å². The Morgan fingerprint density at radius 1 is 1.00 bits per heavy atom. The fourth-order valence-corrected chi connectivity index (χ4v) is 5.60. The number of hydrogen-bond acceptors (Lipinski definition) is 7. The zero-order valence-corrected chi connectivity index (χ0v) is 16.2. The number of aromatic nitrogens is 2. The van der Waals surface area contributed by atoms with Gasteiger partial charge in [0, 0.05) is 24.7 Å². The van der Waals surface area contributed by atoms with Crippen LogP contribution in [0.1, 0.15) is 18.4 Å². The average molecular weight is 414 g/mol. The van der Waals surface area contributed by atoms with Crippen molar-refractivity contribution in [1.29, 1.82) is 0 Å². The van der Waals surface area contributed by atoms with Gasteiger partial charge in [0.1, 0.15) is 17.0 Å². The number of nitrogens with zero attached hydrogens (tertiary/aromatic N) is 4. The van der Waals surface area contributed by atoms with Gasteiger partial charge in [0.05, 0.1) is 5.69 Å². The predicted octanol–water partition coefficient (Wildman–Crippen LogP) is 2.53. The molecule has 1 aromatic heterocycles. The molecule has 0 aliphatic carbocycles. The largest absolute Gasteiger partial charge is 0.444 e. The van der Waals surface area contributed by atoms with Crippen LogP contribution < -0.4 is 4.90 Å². The summed E-state index contributed by atoms with van der Waals surface area (Å²) in [7, 11) is -3.75. The Morgan fingerprint density at radius 3 is 2.62 bits per heavy atom. The summed E-state index contributed by atoms with van der Waals surface area (Å²) in [6.07, 6.45) is 0.634. The van der Waals surface area contributed by atoms with Crippen molar-refractivity contribution in [2.75, 3.05) is 18.0 Å². The molecule has 0 atom stereocenters. The minimum atomic E-state index is -3.75. The molecule has 2 aliphatic heterocycles. The lowest BCUT2D eigenvalue weighted by Crippen LogP contribution is -2.50. The van der Waals surface area contributed by atoms with Crippen LogP contribution in [0.25, 0.3) is 11.0 Å². The molecule has 150 valence electrons. The van der Waals surface area contributed by atoms with Crippen LogP contribution in [0.4, 0.5) is 10.5 Å². The van der Waals surface area contributed by atoms with Crippen LogP contribution >= 0.6 is 0 Å². The summed E-state index contributed by atoms with van der Waals surface area (Å²) in [4.78, 5) is 14.2. The molecule has 5 rings (SSSR count). The van der Waals surface area contributed by atoms with E-state index >= 15 is 0 Å². The van der Waals surface area contributed by atoms with Crippen molar-refractivity contribution in [3.8, 4) is 0 Å². The number of piperidine rings is 1. The first-order chi connectivity index (χ1) is 14.1. The Balaban J connectivity index is 1.38. The van der Waals surface area contributed by atoms with E-state index in [1.54, 1.807) is 17.0 Å². The Bertz CT molecular complexity index is 1180. The van der Waals surface area contributed by atoms with Crippen LogP contribution in [0.15, 0.2) is 52.0 Å². The number of carbonyl (C=O) groups excluding carboxylic acids is 1. The van der Waals surface area contributed by atoms with Gasteiger partial charge in [-0.3, -0.25) is 4.90 Å². The molecule has 0 unspecified atom stereocenters. The van der Waals surface area contributed by atoms with Gasteiger partial charge in [0.15, 0.2) is 5.52 Å². The van der Waals surface area contributed by atoms with Gasteiger partial charge in [-0.15, -0.1) is 0 Å². The molecule has 2 aliphatic rings. The molecule has 0 spiro atoms. The first kappa shape index (κ1) is 18.1. The molecule has 3 aromatic rings. The van der Waals surface area contributed by atoms with Crippen LogP contribution in [0.3, 0.4) is 0 Å². The van der Waals surface area contributed by atoms with Crippen molar-refractivity contribution in [3.63, 3.8) is 0 Å². The number of anilines is 1. The van der Waals surface area contributed by atoms with E-state index in [0.29, 0.717) is 31.4 Å². The first-order valence-corrected chi connectivity index (χ1v) is 10.7. The summed E-state index contributed by atoms with van der Waals surface area (Å²) in [6, 6.07) is 12.3. The normalized spacial score (nSPS) is 18.6. The van der Waals surface area contributed by atoms with Crippen molar-refractivity contribution in [2.45, 2.75) is 30.4 Å². The summed E-state index contributed by atoms with van der Waals surface area (Å²) in [5.74, 6) is 0. The molecule has 0 bridgehead atoms. The summed E-state index contributed by atoms with van der Waals surface area (Å²) in [5.41, 5.74) is 2.41. The maximum Gasteiger partial charge on any atom is 0.414 e. The number of hydrogen-bond donors (Lipinski definition) is 0. The summed E-state index contributed by atoms with van der Waals surface area (Å²) >= 11 is 0. The van der Waals surface area contributed by atoms with E-state index in [1.165, 1.54) is 10.4 Å². The topological polar surface area (TPSA) is 106 Å². The van der Waals surface area contributed by atoms with Gasteiger partial charge in [0.25, 0.3) is 0 Å². The van der Waals surface area contributed by atoms with Gasteiger partial charge in [-0.05, 0) is 41.4 Å². The van der Waals surface area contributed by atoms with Crippen molar-refractivity contribution >= 4 is 32.8 Å². The Kier molecular flexibility index (Phi) is 4.25. The van der Waals surface area contributed by atoms with Crippen molar-refractivity contribution in [2.24, 2.45) is 0 Å². The summed E-state index contributed by atoms with van der Waals surface area (Å²) in [5, 5.41) is 7.46. The van der Waals surface area contributed by atoms with Gasteiger partial charge in [-0.1, -0.05) is 24.3 Å². The highest BCUT2D eigenvalue weighted by atomic mass is 32.2. The highest BCUT2D eigenvalue weighted by molar-refractivity contribution is 7.89. The van der Waals surface area contributed by atoms with Crippen LogP contribution in [0, 0.1) is 0 Å². The number of amides is 1. The molecular weight excluding hydrogens is 396 g/mol. The molecule has 0 saturated carbocycles. The quantitative estimate of drug-likeness (QED) is 0.648. The zero-order valence-electron chi connectivity index (χ0n) is 15.4. The number of rotatable bonds is 3. The fraction of sp³-hybridized carbons (Fsp3) is 0.316. The van der Waals surface area contributed by atoms with Gasteiger partial charge in [0.2, 0.25) is 10.0 Å². The number of benzene rings is 2. The minimum Gasteiger partial charge on any atom is -0.444 e. The number of carbonyl (C=O) groups is 1. The second-order valence-corrected chi connectivity index (χ2v) is 8.98. The minimum absolute atomic E-state index is 0.0810. The third-order valence-electron chi connectivity index (χ3n) is 5.45. The maximum absolute atomic E-state index is 13.2. The molecule has 29 heavy (non-hydrogen) atoms. The number of fused-ring (bicyclic) bond motifs is 2. The van der Waals surface area contributed by atoms with Crippen LogP contribution in [-0.2, 0) is 21.4 Å². The molecule has 1 saturated heterocycles. The van der Waals surface area contributed by atoms with Crippen molar-refractivity contribution < 1.29 is 22.6 Å².